The first-order valence-corrected chi connectivity index (χ1v) is 13.2. The van der Waals surface area contributed by atoms with Gasteiger partial charge in [0, 0.05) is 44.0 Å². The van der Waals surface area contributed by atoms with Gasteiger partial charge in [0.15, 0.2) is 0 Å². The molecule has 2 fully saturated rings. The van der Waals surface area contributed by atoms with Gasteiger partial charge in [-0.1, -0.05) is 36.6 Å². The number of carbonyl (C=O) groups is 1. The van der Waals surface area contributed by atoms with E-state index in [1.165, 1.54) is 35.0 Å². The van der Waals surface area contributed by atoms with Crippen LogP contribution in [0.4, 0.5) is 5.69 Å². The van der Waals surface area contributed by atoms with E-state index in [0.717, 1.165) is 44.3 Å². The Morgan fingerprint density at radius 1 is 0.875 bits per heavy atom. The summed E-state index contributed by atoms with van der Waals surface area (Å²) < 4.78 is 27.8. The van der Waals surface area contributed by atoms with Gasteiger partial charge in [-0.05, 0) is 61.6 Å². The predicted octanol–water partition coefficient (Wildman–Crippen LogP) is 4.43. The van der Waals surface area contributed by atoms with Crippen LogP contribution in [0, 0.1) is 0 Å². The van der Waals surface area contributed by atoms with Crippen LogP contribution >= 0.6 is 11.6 Å². The van der Waals surface area contributed by atoms with Gasteiger partial charge in [0.1, 0.15) is 4.90 Å². The third-order valence-corrected chi connectivity index (χ3v) is 8.62. The van der Waals surface area contributed by atoms with Crippen molar-refractivity contribution in [1.82, 2.24) is 9.62 Å². The van der Waals surface area contributed by atoms with Crippen molar-refractivity contribution in [2.24, 2.45) is 0 Å². The van der Waals surface area contributed by atoms with E-state index in [9.17, 15) is 13.2 Å². The fourth-order valence-electron chi connectivity index (χ4n) is 4.35. The van der Waals surface area contributed by atoms with Crippen molar-refractivity contribution < 1.29 is 13.2 Å². The van der Waals surface area contributed by atoms with Crippen molar-refractivity contribution in [3.63, 3.8) is 0 Å². The third kappa shape index (κ3) is 5.27. The molecule has 32 heavy (non-hydrogen) atoms. The largest absolute Gasteiger partial charge is 0.372 e. The average Bonchev–Trinajstić information content (AvgIpc) is 3.19. The van der Waals surface area contributed by atoms with Crippen molar-refractivity contribution in [2.45, 2.75) is 50.0 Å². The normalized spacial score (nSPS) is 17.8. The van der Waals surface area contributed by atoms with Crippen LogP contribution in [0.3, 0.4) is 0 Å². The van der Waals surface area contributed by atoms with Gasteiger partial charge in [-0.2, -0.15) is 4.31 Å². The molecule has 2 aliphatic rings. The highest BCUT2D eigenvalue weighted by Crippen LogP contribution is 2.28. The Bertz CT molecular complexity index is 1040. The molecule has 1 amide bonds. The molecule has 2 aromatic carbocycles. The van der Waals surface area contributed by atoms with Gasteiger partial charge >= 0.3 is 0 Å². The van der Waals surface area contributed by atoms with E-state index in [0.29, 0.717) is 19.6 Å². The number of hydrogen-bond acceptors (Lipinski definition) is 4. The molecule has 0 atom stereocenters. The van der Waals surface area contributed by atoms with E-state index in [1.54, 1.807) is 6.07 Å². The first-order valence-electron chi connectivity index (χ1n) is 11.4. The van der Waals surface area contributed by atoms with Crippen LogP contribution in [0.25, 0.3) is 0 Å². The van der Waals surface area contributed by atoms with Crippen LogP contribution in [0.2, 0.25) is 5.02 Å². The second-order valence-corrected chi connectivity index (χ2v) is 10.8. The molecule has 2 saturated heterocycles. The highest BCUT2D eigenvalue weighted by molar-refractivity contribution is 7.89. The monoisotopic (exact) mass is 475 g/mol. The number of amides is 1. The number of nitrogens with zero attached hydrogens (tertiary/aromatic N) is 2. The molecule has 1 N–H and O–H groups in total. The summed E-state index contributed by atoms with van der Waals surface area (Å²) in [4.78, 5) is 15.1. The second kappa shape index (κ2) is 10.2. The molecule has 0 aromatic heterocycles. The number of hydrogen-bond donors (Lipinski definition) is 1. The fraction of sp³-hybridized carbons (Fsp3) is 0.458. The fourth-order valence-corrected chi connectivity index (χ4v) is 6.37. The zero-order chi connectivity index (χ0) is 22.6. The molecular formula is C24H30ClN3O3S. The number of rotatable bonds is 6. The molecule has 2 heterocycles. The lowest BCUT2D eigenvalue weighted by Gasteiger charge is -2.21. The summed E-state index contributed by atoms with van der Waals surface area (Å²) in [6, 6.07) is 12.7. The lowest BCUT2D eigenvalue weighted by Crippen LogP contribution is -2.32. The molecule has 0 aliphatic carbocycles. The van der Waals surface area contributed by atoms with Crippen LogP contribution in [-0.2, 0) is 16.6 Å². The Hall–Kier alpha value is -2.09. The molecule has 0 radical (unpaired) electrons. The minimum atomic E-state index is -3.74. The first kappa shape index (κ1) is 23.1. The van der Waals surface area contributed by atoms with E-state index < -0.39 is 10.0 Å². The number of nitrogens with one attached hydrogen (secondary N) is 1. The molecule has 0 bridgehead atoms. The molecule has 2 aliphatic heterocycles. The van der Waals surface area contributed by atoms with Gasteiger partial charge in [0.05, 0.1) is 5.02 Å². The van der Waals surface area contributed by atoms with E-state index in [4.69, 9.17) is 11.6 Å². The SMILES string of the molecule is O=C(NCc1ccc(N2CCCC2)cc1)c1ccc(Cl)c(S(=O)(=O)N2CCCCCC2)c1. The topological polar surface area (TPSA) is 69.7 Å². The Morgan fingerprint density at radius 3 is 2.16 bits per heavy atom. The average molecular weight is 476 g/mol. The molecule has 0 spiro atoms. The molecule has 8 heteroatoms. The van der Waals surface area contributed by atoms with Crippen molar-refractivity contribution in [3.8, 4) is 0 Å². The minimum Gasteiger partial charge on any atom is -0.372 e. The highest BCUT2D eigenvalue weighted by Gasteiger charge is 2.28. The lowest BCUT2D eigenvalue weighted by molar-refractivity contribution is 0.0950. The minimum absolute atomic E-state index is 0.00341. The summed E-state index contributed by atoms with van der Waals surface area (Å²) in [6.45, 7) is 3.53. The summed E-state index contributed by atoms with van der Waals surface area (Å²) >= 11 is 6.25. The van der Waals surface area contributed by atoms with Gasteiger partial charge in [-0.3, -0.25) is 4.79 Å². The summed E-state index contributed by atoms with van der Waals surface area (Å²) in [7, 11) is -3.74. The molecule has 0 saturated carbocycles. The van der Waals surface area contributed by atoms with Crippen molar-refractivity contribution in [1.29, 1.82) is 0 Å². The van der Waals surface area contributed by atoms with Gasteiger partial charge < -0.3 is 10.2 Å². The van der Waals surface area contributed by atoms with Crippen LogP contribution < -0.4 is 10.2 Å². The van der Waals surface area contributed by atoms with E-state index >= 15 is 0 Å². The molecule has 4 rings (SSSR count). The number of carbonyl (C=O) groups excluding carboxylic acids is 1. The number of halogens is 1. The lowest BCUT2D eigenvalue weighted by atomic mass is 10.1. The standard InChI is InChI=1S/C24H30ClN3O3S/c25-22-12-9-20(17-23(22)32(30,31)28-15-3-1-2-4-16-28)24(29)26-18-19-7-10-21(11-8-19)27-13-5-6-14-27/h7-12,17H,1-6,13-16,18H2,(H,26,29). The van der Waals surface area contributed by atoms with E-state index in [1.807, 2.05) is 12.1 Å². The van der Waals surface area contributed by atoms with Crippen molar-refractivity contribution in [3.05, 3.63) is 58.6 Å². The van der Waals surface area contributed by atoms with Crippen LogP contribution in [0.15, 0.2) is 47.4 Å². The molecule has 0 unspecified atom stereocenters. The second-order valence-electron chi connectivity index (χ2n) is 8.51. The van der Waals surface area contributed by atoms with Crippen LogP contribution in [-0.4, -0.2) is 44.8 Å². The maximum atomic E-state index is 13.2. The summed E-state index contributed by atoms with van der Waals surface area (Å²) in [5, 5.41) is 3.03. The maximum absolute atomic E-state index is 13.2. The molecule has 172 valence electrons. The van der Waals surface area contributed by atoms with Crippen LogP contribution in [0.5, 0.6) is 0 Å². The third-order valence-electron chi connectivity index (χ3n) is 6.24. The van der Waals surface area contributed by atoms with Gasteiger partial charge in [-0.15, -0.1) is 0 Å². The van der Waals surface area contributed by atoms with Crippen molar-refractivity contribution in [2.75, 3.05) is 31.1 Å². The highest BCUT2D eigenvalue weighted by atomic mass is 35.5. The van der Waals surface area contributed by atoms with Crippen LogP contribution in [0.1, 0.15) is 54.4 Å². The Balaban J connectivity index is 1.43. The zero-order valence-electron chi connectivity index (χ0n) is 18.2. The predicted molar refractivity (Wildman–Crippen MR) is 128 cm³/mol. The zero-order valence-corrected chi connectivity index (χ0v) is 19.8. The summed E-state index contributed by atoms with van der Waals surface area (Å²) in [5.41, 5.74) is 2.49. The smallest absolute Gasteiger partial charge is 0.251 e. The van der Waals surface area contributed by atoms with Gasteiger partial charge in [0.2, 0.25) is 10.0 Å². The number of sulfonamides is 1. The quantitative estimate of drug-likeness (QED) is 0.670. The van der Waals surface area contributed by atoms with E-state index in [-0.39, 0.29) is 21.4 Å². The number of anilines is 1. The van der Waals surface area contributed by atoms with Crippen molar-refractivity contribution >= 4 is 33.2 Å². The first-order chi connectivity index (χ1) is 15.4. The van der Waals surface area contributed by atoms with Gasteiger partial charge in [-0.25, -0.2) is 8.42 Å². The Labute approximate surface area is 195 Å². The Morgan fingerprint density at radius 2 is 1.50 bits per heavy atom. The van der Waals surface area contributed by atoms with E-state index in [2.05, 4.69) is 22.3 Å². The summed E-state index contributed by atoms with van der Waals surface area (Å²) in [5.74, 6) is -0.322. The maximum Gasteiger partial charge on any atom is 0.251 e. The summed E-state index contributed by atoms with van der Waals surface area (Å²) in [6.07, 6.45) is 6.20. The molecule has 6 nitrogen and oxygen atoms in total. The number of benzene rings is 2. The van der Waals surface area contributed by atoms with Gasteiger partial charge in [0.25, 0.3) is 5.91 Å². The molecular weight excluding hydrogens is 446 g/mol. The molecule has 2 aromatic rings. The Kier molecular flexibility index (Phi) is 7.38.